The quantitative estimate of drug-likeness (QED) is 0.0713. The van der Waals surface area contributed by atoms with Crippen LogP contribution in [-0.2, 0) is 0 Å². The van der Waals surface area contributed by atoms with E-state index in [1.807, 2.05) is 36.4 Å². The number of halogens is 28. The molecule has 0 aliphatic heterocycles. The van der Waals surface area contributed by atoms with Gasteiger partial charge in [0.2, 0.25) is 0 Å². The van der Waals surface area contributed by atoms with Gasteiger partial charge in [0.25, 0.3) is 0 Å². The first-order valence-electron chi connectivity index (χ1n) is 19.4. The summed E-state index contributed by atoms with van der Waals surface area (Å²) >= 11 is 0. The van der Waals surface area contributed by atoms with E-state index in [1.54, 1.807) is 0 Å². The van der Waals surface area contributed by atoms with Crippen LogP contribution in [0.5, 0.6) is 0 Å². The van der Waals surface area contributed by atoms with Crippen LogP contribution in [0.3, 0.4) is 0 Å². The molecule has 0 atom stereocenters. The fourth-order valence-corrected chi connectivity index (χ4v) is 8.78. The van der Waals surface area contributed by atoms with Crippen molar-refractivity contribution in [3.63, 3.8) is 0 Å². The summed E-state index contributed by atoms with van der Waals surface area (Å²) in [6, 6.07) is 12.0. The van der Waals surface area contributed by atoms with Gasteiger partial charge in [-0.25, -0.2) is 123 Å². The molecule has 0 radical (unpaired) electrons. The fourth-order valence-electron chi connectivity index (χ4n) is 8.78. The van der Waals surface area contributed by atoms with Crippen LogP contribution in [0.25, 0.3) is 43.1 Å². The normalized spacial score (nSPS) is 12.0. The molecule has 0 saturated carbocycles. The molecular formula is C46H6BF28-. The van der Waals surface area contributed by atoms with E-state index in [0.29, 0.717) is 0 Å². The van der Waals surface area contributed by atoms with Gasteiger partial charge in [-0.3, -0.25) is 0 Å². The lowest BCUT2D eigenvalue weighted by Gasteiger charge is -2.45. The molecule has 0 bridgehead atoms. The van der Waals surface area contributed by atoms with Gasteiger partial charge in [-0.1, -0.05) is 36.4 Å². The van der Waals surface area contributed by atoms with E-state index in [-0.39, 0.29) is 0 Å². The lowest BCUT2D eigenvalue weighted by atomic mass is 9.12. The van der Waals surface area contributed by atoms with Gasteiger partial charge in [0.1, 0.15) is 52.7 Å². The van der Waals surface area contributed by atoms with Gasteiger partial charge in [-0.05, 0) is 0 Å². The summed E-state index contributed by atoms with van der Waals surface area (Å²) in [6.45, 7) is 0. The molecule has 9 aromatic carbocycles. The third kappa shape index (κ3) is 6.93. The average Bonchev–Trinajstić information content (AvgIpc) is 3.38. The highest BCUT2D eigenvalue weighted by atomic mass is 19.2. The molecule has 0 aliphatic carbocycles. The van der Waals surface area contributed by atoms with Crippen LogP contribution in [0, 0.1) is 163 Å². The van der Waals surface area contributed by atoms with Crippen LogP contribution in [0.15, 0.2) is 36.4 Å². The molecule has 29 heteroatoms. The fraction of sp³-hybridized carbons (Fsp3) is 0. The van der Waals surface area contributed by atoms with E-state index in [0.717, 1.165) is 0 Å². The number of hydrogen-bond acceptors (Lipinski definition) is 0. The molecule has 0 fully saturated rings. The maximum absolute atomic E-state index is 17.4. The van der Waals surface area contributed by atoms with Crippen LogP contribution in [0.4, 0.5) is 123 Å². The zero-order valence-corrected chi connectivity index (χ0v) is 34.6. The summed E-state index contributed by atoms with van der Waals surface area (Å²) in [7, 11) is 0. The highest BCUT2D eigenvalue weighted by Gasteiger charge is 2.52. The van der Waals surface area contributed by atoms with Crippen LogP contribution < -0.4 is 21.9 Å². The monoisotopic (exact) mass is 1100 g/mol. The lowest BCUT2D eigenvalue weighted by molar-refractivity contribution is 0.412. The minimum absolute atomic E-state index is 2.00. The first kappa shape index (κ1) is 53.4. The van der Waals surface area contributed by atoms with E-state index in [1.165, 1.54) is 0 Å². The minimum atomic E-state index is -7.99. The molecule has 9 rings (SSSR count). The molecule has 0 nitrogen and oxygen atoms in total. The summed E-state index contributed by atoms with van der Waals surface area (Å²) in [5, 5.41) is -25.0. The zero-order chi connectivity index (χ0) is 55.8. The second kappa shape index (κ2) is 18.2. The molecule has 0 unspecified atom stereocenters. The Bertz CT molecular complexity index is 3530. The molecule has 0 N–H and O–H groups in total. The Balaban J connectivity index is 0.00000116. The first-order valence-corrected chi connectivity index (χ1v) is 19.4. The highest BCUT2D eigenvalue weighted by Crippen LogP contribution is 2.41. The summed E-state index contributed by atoms with van der Waals surface area (Å²) < 4.78 is 442. The van der Waals surface area contributed by atoms with Gasteiger partial charge >= 0.3 is 0 Å². The van der Waals surface area contributed by atoms with Crippen LogP contribution in [0.2, 0.25) is 0 Å². The number of hydrogen-bond donors (Lipinski definition) is 0. The van der Waals surface area contributed by atoms with Crippen molar-refractivity contribution in [2.24, 2.45) is 0 Å². The van der Waals surface area contributed by atoms with E-state index in [4.69, 9.17) is 0 Å². The highest BCUT2D eigenvalue weighted by molar-refractivity contribution is 7.20. The lowest BCUT2D eigenvalue weighted by Crippen LogP contribution is -2.80. The van der Waals surface area contributed by atoms with E-state index in [9.17, 15) is 35.1 Å². The molecule has 0 heterocycles. The SMILES string of the molecule is Fc1c(F)c(F)c2c(F)c([B-](c3c(F)c(F)c4c(F)c(F)c(F)c(F)c4c3F)(c3c(F)c(F)c4c(F)c(F)c(F)c(F)c4c3F)c3c(F)c(F)c4c(F)c(F)c(F)c(F)c4c3F)c(F)c(F)c2c1F.c1ccccc1. The van der Waals surface area contributed by atoms with Gasteiger partial charge in [-0.15, -0.1) is 21.9 Å². The van der Waals surface area contributed by atoms with Crippen LogP contribution in [-0.4, -0.2) is 6.15 Å². The molecule has 0 saturated heterocycles. The Labute approximate surface area is 393 Å². The zero-order valence-electron chi connectivity index (χ0n) is 34.6. The molecule has 0 aromatic heterocycles. The molecule has 0 amide bonds. The molecule has 9 aromatic rings. The summed E-state index contributed by atoms with van der Waals surface area (Å²) in [6.07, 6.45) is -7.99. The number of rotatable bonds is 4. The Hall–Kier alpha value is -7.88. The number of benzene rings is 9. The topological polar surface area (TPSA) is 0 Å². The average molecular weight is 1100 g/mol. The second-order valence-electron chi connectivity index (χ2n) is 15.5. The van der Waals surface area contributed by atoms with Crippen molar-refractivity contribution >= 4 is 71.1 Å². The second-order valence-corrected chi connectivity index (χ2v) is 15.5. The standard InChI is InChI=1S/C40BF28.C6H6/c42-13-1-5(25(54)37(66)33(62)21(1)50)17(46)29(58)9(13)41(10-14(43)2-6(18(47)30(10)59)26(55)38(67)34(63)22(2)51,11-15(44)3-7(19(48)31(11)60)27(56)39(68)35(64)23(3)52)12-16(45)4-8(20(49)32(12)61)28(57)40(69)36(65)24(4)53;1-2-4-6-5-3-1/h;1-6H/q-1;. The van der Waals surface area contributed by atoms with Gasteiger partial charge in [0.05, 0.1) is 43.1 Å². The summed E-state index contributed by atoms with van der Waals surface area (Å²) in [4.78, 5) is 0. The van der Waals surface area contributed by atoms with Crippen molar-refractivity contribution in [2.75, 3.05) is 0 Å². The van der Waals surface area contributed by atoms with Crippen LogP contribution >= 0.6 is 0 Å². The van der Waals surface area contributed by atoms with Crippen molar-refractivity contribution in [2.45, 2.75) is 0 Å². The van der Waals surface area contributed by atoms with E-state index >= 15 is 87.8 Å². The van der Waals surface area contributed by atoms with Gasteiger partial charge in [-0.2, -0.15) is 0 Å². The largest absolute Gasteiger partial charge is 0.210 e. The predicted octanol–water partition coefficient (Wildman–Crippen LogP) is 13.3. The predicted molar refractivity (Wildman–Crippen MR) is 205 cm³/mol. The maximum Gasteiger partial charge on any atom is 0.198 e. The maximum atomic E-state index is 17.4. The molecular weight excluding hydrogens is 1100 g/mol. The Morgan fingerprint density at radius 1 is 0.133 bits per heavy atom. The third-order valence-corrected chi connectivity index (χ3v) is 11.9. The van der Waals surface area contributed by atoms with Crippen molar-refractivity contribution in [3.8, 4) is 0 Å². The molecule has 0 aliphatic rings. The van der Waals surface area contributed by atoms with Crippen molar-refractivity contribution in [3.05, 3.63) is 199 Å². The summed E-state index contributed by atoms with van der Waals surface area (Å²) in [5.74, 6) is -102. The Morgan fingerprint density at radius 3 is 0.373 bits per heavy atom. The minimum Gasteiger partial charge on any atom is -0.210 e. The molecule has 75 heavy (non-hydrogen) atoms. The third-order valence-electron chi connectivity index (χ3n) is 11.9. The summed E-state index contributed by atoms with van der Waals surface area (Å²) in [5.41, 5.74) is -15.9. The van der Waals surface area contributed by atoms with Gasteiger partial charge in [0.15, 0.2) is 116 Å². The first-order chi connectivity index (χ1) is 35.0. The smallest absolute Gasteiger partial charge is 0.198 e. The number of fused-ring (bicyclic) bond motifs is 4. The molecule has 0 spiro atoms. The van der Waals surface area contributed by atoms with Crippen molar-refractivity contribution < 1.29 is 123 Å². The van der Waals surface area contributed by atoms with Crippen molar-refractivity contribution in [1.82, 2.24) is 0 Å². The van der Waals surface area contributed by atoms with E-state index < -0.39 is 234 Å². The van der Waals surface area contributed by atoms with E-state index in [2.05, 4.69) is 0 Å². The van der Waals surface area contributed by atoms with Gasteiger partial charge in [0, 0.05) is 0 Å². The molecule has 390 valence electrons. The van der Waals surface area contributed by atoms with Crippen molar-refractivity contribution in [1.29, 1.82) is 0 Å². The van der Waals surface area contributed by atoms with Crippen LogP contribution in [0.1, 0.15) is 0 Å². The Morgan fingerprint density at radius 2 is 0.240 bits per heavy atom. The Kier molecular flexibility index (Phi) is 13.0. The van der Waals surface area contributed by atoms with Gasteiger partial charge < -0.3 is 0 Å².